The van der Waals surface area contributed by atoms with Crippen LogP contribution in [0.3, 0.4) is 0 Å². The van der Waals surface area contributed by atoms with Crippen molar-refractivity contribution in [3.63, 3.8) is 0 Å². The molecule has 2 aromatic carbocycles. The number of nitrogens with one attached hydrogen (secondary N) is 1. The fourth-order valence-electron chi connectivity index (χ4n) is 4.12. The number of ether oxygens (including phenoxy) is 1. The van der Waals surface area contributed by atoms with Crippen molar-refractivity contribution in [2.24, 2.45) is 5.92 Å². The molecule has 0 aliphatic heterocycles. The number of nitrogens with zero attached hydrogens (tertiary/aromatic N) is 4. The number of halogens is 2. The maximum Gasteiger partial charge on any atom is 0.355 e. The van der Waals surface area contributed by atoms with Crippen molar-refractivity contribution in [2.75, 3.05) is 5.32 Å². The van der Waals surface area contributed by atoms with Crippen molar-refractivity contribution in [3.8, 4) is 11.6 Å². The normalized spacial score (nSPS) is 16.5. The highest BCUT2D eigenvalue weighted by molar-refractivity contribution is 6.30. The number of rotatable bonds is 8. The predicted molar refractivity (Wildman–Crippen MR) is 137 cm³/mol. The largest absolute Gasteiger partial charge is 0.481 e. The van der Waals surface area contributed by atoms with Crippen molar-refractivity contribution in [1.82, 2.24) is 19.1 Å². The first-order chi connectivity index (χ1) is 18.3. The van der Waals surface area contributed by atoms with E-state index in [1.165, 1.54) is 22.9 Å². The van der Waals surface area contributed by atoms with Gasteiger partial charge in [0, 0.05) is 22.9 Å². The van der Waals surface area contributed by atoms with Gasteiger partial charge in [-0.15, -0.1) is 0 Å². The highest BCUT2D eigenvalue weighted by atomic mass is 35.5. The Labute approximate surface area is 219 Å². The summed E-state index contributed by atoms with van der Waals surface area (Å²) >= 11 is 5.99. The molecule has 5 rings (SSSR count). The van der Waals surface area contributed by atoms with E-state index in [1.807, 2.05) is 0 Å². The van der Waals surface area contributed by atoms with Gasteiger partial charge in [-0.25, -0.2) is 23.5 Å². The number of carboxylic acids is 1. The van der Waals surface area contributed by atoms with E-state index in [4.69, 9.17) is 16.3 Å². The number of carboxylic acid groups (broad SMARTS) is 1. The molecule has 0 radical (unpaired) electrons. The minimum Gasteiger partial charge on any atom is -0.481 e. The molecule has 0 atom stereocenters. The van der Waals surface area contributed by atoms with Crippen LogP contribution in [0.4, 0.5) is 16.0 Å². The van der Waals surface area contributed by atoms with Crippen molar-refractivity contribution < 1.29 is 19.0 Å². The van der Waals surface area contributed by atoms with Gasteiger partial charge >= 0.3 is 17.3 Å². The van der Waals surface area contributed by atoms with Crippen LogP contribution in [-0.2, 0) is 11.3 Å². The van der Waals surface area contributed by atoms with Crippen LogP contribution < -0.4 is 21.4 Å². The summed E-state index contributed by atoms with van der Waals surface area (Å²) in [6.07, 6.45) is 1.77. The molecule has 2 heterocycles. The molecule has 0 unspecified atom stereocenters. The number of aliphatic carboxylic acids is 1. The van der Waals surface area contributed by atoms with Gasteiger partial charge in [-0.05, 0) is 66.9 Å². The molecule has 0 amide bonds. The SMILES string of the molecule is O=C(O)C1CC(n2c(=O)nc(Nc3ccc(Oc4ncccc4F)cc3)n(Cc3ccc(Cl)cc3)c2=O)C1. The topological polar surface area (TPSA) is 128 Å². The first-order valence-electron chi connectivity index (χ1n) is 11.6. The van der Waals surface area contributed by atoms with Crippen molar-refractivity contribution in [3.05, 3.63) is 104 Å². The van der Waals surface area contributed by atoms with Crippen LogP contribution in [0, 0.1) is 11.7 Å². The molecular weight excluding hydrogens is 517 g/mol. The molecule has 1 aliphatic rings. The van der Waals surface area contributed by atoms with Gasteiger partial charge < -0.3 is 15.2 Å². The fourth-order valence-corrected chi connectivity index (χ4v) is 4.25. The summed E-state index contributed by atoms with van der Waals surface area (Å²) in [5, 5.41) is 12.7. The molecule has 1 saturated carbocycles. The van der Waals surface area contributed by atoms with Gasteiger partial charge in [0.1, 0.15) is 5.75 Å². The maximum atomic E-state index is 13.8. The summed E-state index contributed by atoms with van der Waals surface area (Å²) in [6.45, 7) is 0.0842. The van der Waals surface area contributed by atoms with Crippen LogP contribution in [0.15, 0.2) is 76.4 Å². The van der Waals surface area contributed by atoms with Gasteiger partial charge in [0.2, 0.25) is 5.95 Å². The van der Waals surface area contributed by atoms with E-state index >= 15 is 0 Å². The van der Waals surface area contributed by atoms with E-state index in [-0.39, 0.29) is 31.2 Å². The van der Waals surface area contributed by atoms with Gasteiger partial charge in [0.05, 0.1) is 12.5 Å². The molecule has 0 saturated heterocycles. The average molecular weight is 538 g/mol. The van der Waals surface area contributed by atoms with Gasteiger partial charge in [0.25, 0.3) is 5.88 Å². The van der Waals surface area contributed by atoms with E-state index in [1.54, 1.807) is 48.5 Å². The summed E-state index contributed by atoms with van der Waals surface area (Å²) in [5.74, 6) is -2.00. The number of pyridine rings is 1. The summed E-state index contributed by atoms with van der Waals surface area (Å²) in [5.41, 5.74) is -0.154. The third-order valence-electron chi connectivity index (χ3n) is 6.23. The minimum absolute atomic E-state index is 0.00440. The molecule has 2 N–H and O–H groups in total. The molecular formula is C26H21ClFN5O5. The lowest BCUT2D eigenvalue weighted by Gasteiger charge is -2.33. The zero-order valence-electron chi connectivity index (χ0n) is 19.8. The van der Waals surface area contributed by atoms with Crippen LogP contribution in [-0.4, -0.2) is 30.2 Å². The van der Waals surface area contributed by atoms with Crippen LogP contribution >= 0.6 is 11.6 Å². The zero-order chi connectivity index (χ0) is 26.8. The zero-order valence-corrected chi connectivity index (χ0v) is 20.5. The molecule has 38 heavy (non-hydrogen) atoms. The number of carbonyl (C=O) groups is 1. The average Bonchev–Trinajstić information content (AvgIpc) is 2.86. The predicted octanol–water partition coefficient (Wildman–Crippen LogP) is 4.21. The summed E-state index contributed by atoms with van der Waals surface area (Å²) in [7, 11) is 0. The molecule has 2 aromatic heterocycles. The van der Waals surface area contributed by atoms with Crippen LogP contribution in [0.2, 0.25) is 5.02 Å². The van der Waals surface area contributed by atoms with E-state index in [2.05, 4.69) is 15.3 Å². The highest BCUT2D eigenvalue weighted by Crippen LogP contribution is 2.36. The Balaban J connectivity index is 1.45. The maximum absolute atomic E-state index is 13.8. The number of hydrogen-bond acceptors (Lipinski definition) is 7. The molecule has 1 aliphatic carbocycles. The fraction of sp³-hybridized carbons (Fsp3) is 0.192. The second-order valence-electron chi connectivity index (χ2n) is 8.79. The Morgan fingerprint density at radius 2 is 1.82 bits per heavy atom. The second-order valence-corrected chi connectivity index (χ2v) is 9.22. The highest BCUT2D eigenvalue weighted by Gasteiger charge is 2.38. The Kier molecular flexibility index (Phi) is 6.93. The summed E-state index contributed by atoms with van der Waals surface area (Å²) in [4.78, 5) is 45.5. The van der Waals surface area contributed by atoms with Crippen molar-refractivity contribution in [1.29, 1.82) is 0 Å². The Bertz CT molecular complexity index is 1600. The van der Waals surface area contributed by atoms with Gasteiger partial charge in [-0.2, -0.15) is 4.98 Å². The van der Waals surface area contributed by atoms with E-state index in [0.717, 1.165) is 10.1 Å². The molecule has 4 aromatic rings. The lowest BCUT2D eigenvalue weighted by molar-refractivity contribution is -0.146. The van der Waals surface area contributed by atoms with E-state index in [9.17, 15) is 23.9 Å². The minimum atomic E-state index is -0.958. The molecule has 0 bridgehead atoms. The monoisotopic (exact) mass is 537 g/mol. The van der Waals surface area contributed by atoms with Crippen molar-refractivity contribution >= 4 is 29.2 Å². The van der Waals surface area contributed by atoms with E-state index in [0.29, 0.717) is 16.5 Å². The van der Waals surface area contributed by atoms with Crippen LogP contribution in [0.1, 0.15) is 24.4 Å². The van der Waals surface area contributed by atoms with Gasteiger partial charge in [-0.1, -0.05) is 23.7 Å². The first kappa shape index (κ1) is 25.2. The number of benzene rings is 2. The number of hydrogen-bond donors (Lipinski definition) is 2. The van der Waals surface area contributed by atoms with Gasteiger partial charge in [-0.3, -0.25) is 9.36 Å². The Hall–Kier alpha value is -4.51. The molecule has 194 valence electrons. The Morgan fingerprint density at radius 1 is 1.11 bits per heavy atom. The molecule has 12 heteroatoms. The second kappa shape index (κ2) is 10.5. The molecule has 10 nitrogen and oxygen atoms in total. The lowest BCUT2D eigenvalue weighted by Crippen LogP contribution is -2.48. The Morgan fingerprint density at radius 3 is 2.47 bits per heavy atom. The number of aromatic nitrogens is 4. The quantitative estimate of drug-likeness (QED) is 0.342. The molecule has 0 spiro atoms. The summed E-state index contributed by atoms with van der Waals surface area (Å²) in [6, 6.07) is 15.4. The van der Waals surface area contributed by atoms with Gasteiger partial charge in [0.15, 0.2) is 5.82 Å². The smallest absolute Gasteiger partial charge is 0.355 e. The standard InChI is InChI=1S/C26H21ClFN5O5/c27-17-5-3-15(4-6-17)14-32-24(31-25(36)33(26(32)37)19-12-16(13-19)23(34)35)30-18-7-9-20(10-8-18)38-22-21(28)2-1-11-29-22/h1-11,16,19H,12-14H2,(H,34,35)(H,30,31,36). The summed E-state index contributed by atoms with van der Waals surface area (Å²) < 4.78 is 21.6. The van der Waals surface area contributed by atoms with Crippen LogP contribution in [0.5, 0.6) is 11.6 Å². The van der Waals surface area contributed by atoms with Crippen molar-refractivity contribution in [2.45, 2.75) is 25.4 Å². The lowest BCUT2D eigenvalue weighted by atomic mass is 9.80. The third-order valence-corrected chi connectivity index (χ3v) is 6.48. The third kappa shape index (κ3) is 5.28. The van der Waals surface area contributed by atoms with E-state index < -0.39 is 35.1 Å². The van der Waals surface area contributed by atoms with Crippen LogP contribution in [0.25, 0.3) is 0 Å². The first-order valence-corrected chi connectivity index (χ1v) is 12.0. The number of anilines is 2. The molecule has 1 fully saturated rings.